The van der Waals surface area contributed by atoms with Crippen LogP contribution in [0.3, 0.4) is 0 Å². The molecule has 0 saturated heterocycles. The molecule has 3 amide bonds. The van der Waals surface area contributed by atoms with Gasteiger partial charge in [-0.3, -0.25) is 14.4 Å². The minimum atomic E-state index is -0.892. The molecule has 3 aromatic carbocycles. The third-order valence-electron chi connectivity index (χ3n) is 5.25. The van der Waals surface area contributed by atoms with Crippen molar-refractivity contribution in [3.63, 3.8) is 0 Å². The van der Waals surface area contributed by atoms with Crippen molar-refractivity contribution in [3.8, 4) is 11.5 Å². The summed E-state index contributed by atoms with van der Waals surface area (Å²) in [5.41, 5.74) is 6.10. The maximum atomic E-state index is 12.3. The Bertz CT molecular complexity index is 1310. The number of anilines is 1. The third kappa shape index (κ3) is 8.08. The first-order valence-electron chi connectivity index (χ1n) is 11.3. The van der Waals surface area contributed by atoms with E-state index in [9.17, 15) is 14.4 Å². The molecule has 0 unspecified atom stereocenters. The number of carbonyl (C=O) groups is 3. The molecule has 3 rings (SSSR count). The van der Waals surface area contributed by atoms with Crippen molar-refractivity contribution < 1.29 is 23.9 Å². The fourth-order valence-corrected chi connectivity index (χ4v) is 3.32. The lowest BCUT2D eigenvalue weighted by Gasteiger charge is -2.12. The summed E-state index contributed by atoms with van der Waals surface area (Å²) >= 11 is 6.08. The van der Waals surface area contributed by atoms with Crippen LogP contribution in [0.4, 0.5) is 5.69 Å². The number of nitrogens with one attached hydrogen (secondary N) is 3. The van der Waals surface area contributed by atoms with Crippen molar-refractivity contribution in [1.82, 2.24) is 10.7 Å². The topological polar surface area (TPSA) is 118 Å². The normalized spacial score (nSPS) is 10.6. The number of halogens is 1. The van der Waals surface area contributed by atoms with Gasteiger partial charge in [0.25, 0.3) is 5.91 Å². The standard InChI is InChI=1S/C27H27ClN4O5/c1-17-7-9-19(10-8-17)14-29-26(34)27(35)32-30-15-20-11-12-23(24(13-20)36-3)37-16-25(33)31-22-6-4-5-21(28)18(22)2/h4-13,15H,14,16H2,1-3H3,(H,29,34)(H,31,33)(H,32,35)/b30-15-. The quantitative estimate of drug-likeness (QED) is 0.225. The van der Waals surface area contributed by atoms with Crippen molar-refractivity contribution in [3.05, 3.63) is 87.9 Å². The summed E-state index contributed by atoms with van der Waals surface area (Å²) in [7, 11) is 1.46. The lowest BCUT2D eigenvalue weighted by Crippen LogP contribution is -2.37. The Hall–Kier alpha value is -4.37. The number of hydrazone groups is 1. The number of aryl methyl sites for hydroxylation is 1. The van der Waals surface area contributed by atoms with Crippen molar-refractivity contribution in [2.24, 2.45) is 5.10 Å². The first kappa shape index (κ1) is 27.2. The lowest BCUT2D eigenvalue weighted by molar-refractivity contribution is -0.139. The van der Waals surface area contributed by atoms with Gasteiger partial charge in [0.2, 0.25) is 0 Å². The molecule has 192 valence electrons. The van der Waals surface area contributed by atoms with E-state index in [-0.39, 0.29) is 19.1 Å². The SMILES string of the molecule is COc1cc(/C=N\NC(=O)C(=O)NCc2ccc(C)cc2)ccc1OCC(=O)Nc1cccc(Cl)c1C. The molecule has 9 nitrogen and oxygen atoms in total. The summed E-state index contributed by atoms with van der Waals surface area (Å²) in [5.74, 6) is -1.35. The molecule has 3 aromatic rings. The minimum Gasteiger partial charge on any atom is -0.493 e. The second kappa shape index (κ2) is 13.1. The van der Waals surface area contributed by atoms with Crippen LogP contribution >= 0.6 is 11.6 Å². The molecule has 0 fully saturated rings. The van der Waals surface area contributed by atoms with Gasteiger partial charge in [0.05, 0.1) is 13.3 Å². The molecule has 0 atom stereocenters. The van der Waals surface area contributed by atoms with E-state index in [1.807, 2.05) is 38.1 Å². The molecule has 0 heterocycles. The lowest BCUT2D eigenvalue weighted by atomic mass is 10.1. The Labute approximate surface area is 219 Å². The van der Waals surface area contributed by atoms with Crippen LogP contribution in [0.15, 0.2) is 65.8 Å². The predicted octanol–water partition coefficient (Wildman–Crippen LogP) is 3.75. The number of methoxy groups -OCH3 is 1. The van der Waals surface area contributed by atoms with E-state index >= 15 is 0 Å². The molecule has 10 heteroatoms. The van der Waals surface area contributed by atoms with Crippen LogP contribution in [0.2, 0.25) is 5.02 Å². The monoisotopic (exact) mass is 522 g/mol. The van der Waals surface area contributed by atoms with Gasteiger partial charge in [-0.25, -0.2) is 5.43 Å². The van der Waals surface area contributed by atoms with Gasteiger partial charge in [0.15, 0.2) is 18.1 Å². The van der Waals surface area contributed by atoms with E-state index in [0.717, 1.165) is 16.7 Å². The molecule has 0 radical (unpaired) electrons. The number of amides is 3. The summed E-state index contributed by atoms with van der Waals surface area (Å²) in [6.45, 7) is 3.75. The molecule has 0 aliphatic carbocycles. The Morgan fingerprint density at radius 3 is 2.46 bits per heavy atom. The number of carbonyl (C=O) groups excluding carboxylic acids is 3. The number of rotatable bonds is 9. The van der Waals surface area contributed by atoms with Gasteiger partial charge in [-0.2, -0.15) is 5.10 Å². The molecule has 0 aromatic heterocycles. The van der Waals surface area contributed by atoms with Crippen molar-refractivity contribution in [1.29, 1.82) is 0 Å². The van der Waals surface area contributed by atoms with Gasteiger partial charge in [0, 0.05) is 17.3 Å². The Morgan fingerprint density at radius 2 is 1.73 bits per heavy atom. The highest BCUT2D eigenvalue weighted by Gasteiger charge is 2.13. The Morgan fingerprint density at radius 1 is 0.973 bits per heavy atom. The molecule has 0 saturated carbocycles. The van der Waals surface area contributed by atoms with Gasteiger partial charge in [-0.05, 0) is 60.9 Å². The molecule has 0 spiro atoms. The van der Waals surface area contributed by atoms with Crippen molar-refractivity contribution in [2.45, 2.75) is 20.4 Å². The summed E-state index contributed by atoms with van der Waals surface area (Å²) in [6.07, 6.45) is 1.35. The molecule has 37 heavy (non-hydrogen) atoms. The van der Waals surface area contributed by atoms with Gasteiger partial charge in [-0.15, -0.1) is 0 Å². The van der Waals surface area contributed by atoms with E-state index < -0.39 is 11.8 Å². The second-order valence-corrected chi connectivity index (χ2v) is 8.43. The average Bonchev–Trinajstić information content (AvgIpc) is 2.89. The summed E-state index contributed by atoms with van der Waals surface area (Å²) < 4.78 is 10.9. The van der Waals surface area contributed by atoms with Gasteiger partial charge < -0.3 is 20.1 Å². The minimum absolute atomic E-state index is 0.228. The summed E-state index contributed by atoms with van der Waals surface area (Å²) in [6, 6.07) is 17.7. The van der Waals surface area contributed by atoms with Crippen LogP contribution in [0.5, 0.6) is 11.5 Å². The van der Waals surface area contributed by atoms with Crippen LogP contribution in [0.25, 0.3) is 0 Å². The maximum Gasteiger partial charge on any atom is 0.329 e. The zero-order chi connectivity index (χ0) is 26.8. The number of nitrogens with zero attached hydrogens (tertiary/aromatic N) is 1. The number of benzene rings is 3. The molecule has 0 aliphatic rings. The highest BCUT2D eigenvalue weighted by atomic mass is 35.5. The van der Waals surface area contributed by atoms with E-state index in [1.165, 1.54) is 13.3 Å². The van der Waals surface area contributed by atoms with E-state index in [0.29, 0.717) is 27.8 Å². The molecular formula is C27H27ClN4O5. The fourth-order valence-electron chi connectivity index (χ4n) is 3.14. The van der Waals surface area contributed by atoms with Crippen LogP contribution < -0.4 is 25.5 Å². The molecule has 0 aliphatic heterocycles. The zero-order valence-electron chi connectivity index (χ0n) is 20.6. The predicted molar refractivity (Wildman–Crippen MR) is 142 cm³/mol. The average molecular weight is 523 g/mol. The maximum absolute atomic E-state index is 12.3. The highest BCUT2D eigenvalue weighted by molar-refractivity contribution is 6.35. The largest absolute Gasteiger partial charge is 0.493 e. The van der Waals surface area contributed by atoms with E-state index in [2.05, 4.69) is 21.2 Å². The van der Waals surface area contributed by atoms with E-state index in [1.54, 1.807) is 36.4 Å². The van der Waals surface area contributed by atoms with Crippen LogP contribution in [0, 0.1) is 13.8 Å². The number of hydrogen-bond acceptors (Lipinski definition) is 6. The smallest absolute Gasteiger partial charge is 0.329 e. The summed E-state index contributed by atoms with van der Waals surface area (Å²) in [4.78, 5) is 36.3. The van der Waals surface area contributed by atoms with Crippen LogP contribution in [0.1, 0.15) is 22.3 Å². The third-order valence-corrected chi connectivity index (χ3v) is 5.66. The van der Waals surface area contributed by atoms with Gasteiger partial charge >= 0.3 is 11.8 Å². The molecule has 0 bridgehead atoms. The first-order chi connectivity index (χ1) is 17.8. The van der Waals surface area contributed by atoms with Crippen LogP contribution in [-0.2, 0) is 20.9 Å². The summed E-state index contributed by atoms with van der Waals surface area (Å²) in [5, 5.41) is 9.66. The van der Waals surface area contributed by atoms with Crippen molar-refractivity contribution in [2.75, 3.05) is 19.0 Å². The molecular weight excluding hydrogens is 496 g/mol. The Kier molecular flexibility index (Phi) is 9.62. The zero-order valence-corrected chi connectivity index (χ0v) is 21.4. The van der Waals surface area contributed by atoms with E-state index in [4.69, 9.17) is 21.1 Å². The molecule has 3 N–H and O–H groups in total. The second-order valence-electron chi connectivity index (χ2n) is 8.03. The number of hydrogen-bond donors (Lipinski definition) is 3. The number of ether oxygens (including phenoxy) is 2. The first-order valence-corrected chi connectivity index (χ1v) is 11.7. The van der Waals surface area contributed by atoms with Gasteiger partial charge in [-0.1, -0.05) is 47.5 Å². The van der Waals surface area contributed by atoms with Gasteiger partial charge in [0.1, 0.15) is 0 Å². The fraction of sp³-hybridized carbons (Fsp3) is 0.185. The highest BCUT2D eigenvalue weighted by Crippen LogP contribution is 2.28. The van der Waals surface area contributed by atoms with Crippen molar-refractivity contribution >= 4 is 41.2 Å². The van der Waals surface area contributed by atoms with Crippen LogP contribution in [-0.4, -0.2) is 37.7 Å². The Balaban J connectivity index is 1.50.